The topological polar surface area (TPSA) is 105 Å². The fourth-order valence-electron chi connectivity index (χ4n) is 2.67. The number of aryl methyl sites for hydroxylation is 1. The first-order valence-electron chi connectivity index (χ1n) is 6.62. The molecule has 7 heteroatoms. The highest BCUT2D eigenvalue weighted by atomic mass is 32.1. The third-order valence-electron chi connectivity index (χ3n) is 4.02. The number of carbonyl (C=O) groups is 2. The Bertz CT molecular complexity index is 543. The molecule has 0 saturated heterocycles. The molecule has 0 bridgehead atoms. The van der Waals surface area contributed by atoms with E-state index >= 15 is 0 Å². The number of hydrogen-bond donors (Lipinski definition) is 3. The highest BCUT2D eigenvalue weighted by Crippen LogP contribution is 2.36. The first-order valence-corrected chi connectivity index (χ1v) is 7.43. The molecule has 1 aromatic heterocycles. The summed E-state index contributed by atoms with van der Waals surface area (Å²) in [6.45, 7) is 3.42. The van der Waals surface area contributed by atoms with Crippen LogP contribution in [0.4, 0.5) is 5.13 Å². The number of anilines is 1. The summed E-state index contributed by atoms with van der Waals surface area (Å²) < 4.78 is 0. The fourth-order valence-corrected chi connectivity index (χ4v) is 3.41. The molecule has 0 aliphatic heterocycles. The summed E-state index contributed by atoms with van der Waals surface area (Å²) in [4.78, 5) is 28.2. The number of carboxylic acids is 1. The second kappa shape index (κ2) is 5.40. The summed E-state index contributed by atoms with van der Waals surface area (Å²) in [5.74, 6) is -1.14. The Morgan fingerprint density at radius 2 is 2.20 bits per heavy atom. The maximum atomic E-state index is 12.3. The van der Waals surface area contributed by atoms with Gasteiger partial charge in [0.1, 0.15) is 4.88 Å². The summed E-state index contributed by atoms with van der Waals surface area (Å²) in [6, 6.07) is -0.357. The van der Waals surface area contributed by atoms with Crippen LogP contribution in [0.25, 0.3) is 0 Å². The molecule has 110 valence electrons. The number of amides is 1. The fraction of sp³-hybridized carbons (Fsp3) is 0.615. The van der Waals surface area contributed by atoms with Crippen LogP contribution in [0.1, 0.15) is 48.0 Å². The van der Waals surface area contributed by atoms with Crippen LogP contribution in [-0.4, -0.2) is 28.0 Å². The summed E-state index contributed by atoms with van der Waals surface area (Å²) >= 11 is 1.13. The van der Waals surface area contributed by atoms with Gasteiger partial charge in [-0.1, -0.05) is 24.2 Å². The Kier molecular flexibility index (Phi) is 3.99. The monoisotopic (exact) mass is 297 g/mol. The van der Waals surface area contributed by atoms with Gasteiger partial charge in [-0.05, 0) is 26.7 Å². The van der Waals surface area contributed by atoms with Crippen molar-refractivity contribution in [1.29, 1.82) is 0 Å². The lowest BCUT2D eigenvalue weighted by atomic mass is 9.71. The molecular weight excluding hydrogens is 278 g/mol. The van der Waals surface area contributed by atoms with E-state index in [-0.39, 0.29) is 11.9 Å². The van der Waals surface area contributed by atoms with E-state index in [9.17, 15) is 14.7 Å². The minimum atomic E-state index is -0.905. The predicted octanol–water partition coefficient (Wildman–Crippen LogP) is 1.80. The lowest BCUT2D eigenvalue weighted by Crippen LogP contribution is -2.52. The number of nitrogens with one attached hydrogen (secondary N) is 1. The molecule has 1 aromatic rings. The molecular formula is C13H19N3O3S. The van der Waals surface area contributed by atoms with E-state index in [0.29, 0.717) is 28.5 Å². The van der Waals surface area contributed by atoms with Crippen molar-refractivity contribution in [2.24, 2.45) is 5.41 Å². The van der Waals surface area contributed by atoms with Crippen LogP contribution in [0, 0.1) is 12.3 Å². The van der Waals surface area contributed by atoms with Gasteiger partial charge in [-0.15, -0.1) is 0 Å². The van der Waals surface area contributed by atoms with Gasteiger partial charge in [-0.2, -0.15) is 0 Å². The molecule has 1 fully saturated rings. The van der Waals surface area contributed by atoms with Gasteiger partial charge in [-0.25, -0.2) is 4.98 Å². The largest absolute Gasteiger partial charge is 0.481 e. The zero-order chi connectivity index (χ0) is 14.9. The van der Waals surface area contributed by atoms with Crippen LogP contribution in [0.5, 0.6) is 0 Å². The van der Waals surface area contributed by atoms with Gasteiger partial charge in [0, 0.05) is 6.04 Å². The number of carbonyl (C=O) groups excluding carboxylic acids is 1. The first kappa shape index (κ1) is 14.8. The van der Waals surface area contributed by atoms with Crippen molar-refractivity contribution in [2.75, 3.05) is 5.73 Å². The van der Waals surface area contributed by atoms with Crippen molar-refractivity contribution in [3.05, 3.63) is 10.6 Å². The van der Waals surface area contributed by atoms with Crippen molar-refractivity contribution >= 4 is 28.3 Å². The van der Waals surface area contributed by atoms with Crippen molar-refractivity contribution in [1.82, 2.24) is 10.3 Å². The van der Waals surface area contributed by atoms with Gasteiger partial charge in [0.05, 0.1) is 11.1 Å². The van der Waals surface area contributed by atoms with Gasteiger partial charge < -0.3 is 16.2 Å². The SMILES string of the molecule is Cc1nc(N)sc1C(=O)NC1CCCCC1(C)C(=O)O. The summed E-state index contributed by atoms with van der Waals surface area (Å²) in [5.41, 5.74) is 5.26. The zero-order valence-corrected chi connectivity index (χ0v) is 12.4. The van der Waals surface area contributed by atoms with Gasteiger partial charge in [0.15, 0.2) is 5.13 Å². The molecule has 1 aliphatic rings. The Labute approximate surface area is 121 Å². The highest BCUT2D eigenvalue weighted by Gasteiger charge is 2.44. The minimum absolute atomic E-state index is 0.281. The zero-order valence-electron chi connectivity index (χ0n) is 11.6. The van der Waals surface area contributed by atoms with Crippen molar-refractivity contribution in [3.63, 3.8) is 0 Å². The molecule has 20 heavy (non-hydrogen) atoms. The van der Waals surface area contributed by atoms with Crippen LogP contribution in [-0.2, 0) is 4.79 Å². The highest BCUT2D eigenvalue weighted by molar-refractivity contribution is 7.17. The smallest absolute Gasteiger partial charge is 0.311 e. The van der Waals surface area contributed by atoms with Crippen molar-refractivity contribution in [2.45, 2.75) is 45.6 Å². The molecule has 0 radical (unpaired) electrons. The van der Waals surface area contributed by atoms with E-state index in [1.54, 1.807) is 13.8 Å². The molecule has 0 spiro atoms. The molecule has 6 nitrogen and oxygen atoms in total. The molecule has 1 heterocycles. The normalized spacial score (nSPS) is 26.2. The van der Waals surface area contributed by atoms with Gasteiger partial charge in [-0.3, -0.25) is 9.59 Å². The number of aliphatic carboxylic acids is 1. The third kappa shape index (κ3) is 2.63. The molecule has 2 atom stereocenters. The molecule has 2 rings (SSSR count). The van der Waals surface area contributed by atoms with E-state index in [2.05, 4.69) is 10.3 Å². The predicted molar refractivity (Wildman–Crippen MR) is 76.7 cm³/mol. The average Bonchev–Trinajstić information content (AvgIpc) is 2.71. The van der Waals surface area contributed by atoms with Crippen LogP contribution in [0.15, 0.2) is 0 Å². The maximum absolute atomic E-state index is 12.3. The Morgan fingerprint density at radius 3 is 2.75 bits per heavy atom. The number of hydrogen-bond acceptors (Lipinski definition) is 5. The third-order valence-corrected chi connectivity index (χ3v) is 5.01. The number of carboxylic acid groups (broad SMARTS) is 1. The minimum Gasteiger partial charge on any atom is -0.481 e. The van der Waals surface area contributed by atoms with Crippen molar-refractivity contribution < 1.29 is 14.7 Å². The Morgan fingerprint density at radius 1 is 1.50 bits per heavy atom. The summed E-state index contributed by atoms with van der Waals surface area (Å²) in [5, 5.41) is 12.6. The maximum Gasteiger partial charge on any atom is 0.311 e. The molecule has 2 unspecified atom stereocenters. The lowest BCUT2D eigenvalue weighted by molar-refractivity contribution is -0.151. The number of nitrogens with two attached hydrogens (primary N) is 1. The average molecular weight is 297 g/mol. The lowest BCUT2D eigenvalue weighted by Gasteiger charge is -2.38. The second-order valence-electron chi connectivity index (χ2n) is 5.46. The molecule has 1 saturated carbocycles. The quantitative estimate of drug-likeness (QED) is 0.789. The Hall–Kier alpha value is -1.63. The van der Waals surface area contributed by atoms with Crippen LogP contribution >= 0.6 is 11.3 Å². The second-order valence-corrected chi connectivity index (χ2v) is 6.49. The number of thiazole rings is 1. The standard InChI is InChI=1S/C13H19N3O3S/c1-7-9(20-12(14)15-7)10(17)16-8-5-3-4-6-13(8,2)11(18)19/h8H,3-6H2,1-2H3,(H2,14,15)(H,16,17)(H,18,19). The van der Waals surface area contributed by atoms with Gasteiger partial charge in [0.2, 0.25) is 0 Å². The van der Waals surface area contributed by atoms with E-state index in [1.807, 2.05) is 0 Å². The molecule has 0 aromatic carbocycles. The van der Waals surface area contributed by atoms with Gasteiger partial charge >= 0.3 is 5.97 Å². The number of rotatable bonds is 3. The number of nitrogen functional groups attached to an aromatic ring is 1. The van der Waals surface area contributed by atoms with Crippen LogP contribution in [0.3, 0.4) is 0 Å². The van der Waals surface area contributed by atoms with E-state index in [0.717, 1.165) is 24.2 Å². The van der Waals surface area contributed by atoms with Crippen LogP contribution < -0.4 is 11.1 Å². The summed E-state index contributed by atoms with van der Waals surface area (Å²) in [6.07, 6.45) is 3.07. The molecule has 4 N–H and O–H groups in total. The first-order chi connectivity index (χ1) is 9.34. The van der Waals surface area contributed by atoms with E-state index in [4.69, 9.17) is 5.73 Å². The number of nitrogens with zero attached hydrogens (tertiary/aromatic N) is 1. The van der Waals surface area contributed by atoms with Crippen molar-refractivity contribution in [3.8, 4) is 0 Å². The number of aromatic nitrogens is 1. The molecule has 1 aliphatic carbocycles. The van der Waals surface area contributed by atoms with Crippen LogP contribution in [0.2, 0.25) is 0 Å². The molecule has 1 amide bonds. The summed E-state index contributed by atoms with van der Waals surface area (Å²) in [7, 11) is 0. The van der Waals surface area contributed by atoms with E-state index < -0.39 is 11.4 Å². The Balaban J connectivity index is 2.17. The van der Waals surface area contributed by atoms with Gasteiger partial charge in [0.25, 0.3) is 5.91 Å². The van der Waals surface area contributed by atoms with E-state index in [1.165, 1.54) is 0 Å².